The molecule has 0 radical (unpaired) electrons. The molecule has 0 bridgehead atoms. The summed E-state index contributed by atoms with van der Waals surface area (Å²) in [6, 6.07) is 10.5. The van der Waals surface area contributed by atoms with Crippen LogP contribution >= 0.6 is 34.7 Å². The fourth-order valence-corrected chi connectivity index (χ4v) is 6.29. The summed E-state index contributed by atoms with van der Waals surface area (Å²) in [7, 11) is 0. The van der Waals surface area contributed by atoms with E-state index in [2.05, 4.69) is 5.32 Å². The Balaban J connectivity index is 1.47. The van der Waals surface area contributed by atoms with Gasteiger partial charge in [0.05, 0.1) is 30.5 Å². The first kappa shape index (κ1) is 23.7. The number of hydrogen-bond acceptors (Lipinski definition) is 7. The predicted octanol–water partition coefficient (Wildman–Crippen LogP) is 4.39. The zero-order valence-electron chi connectivity index (χ0n) is 18.7. The smallest absolute Gasteiger partial charge is 0.263 e. The van der Waals surface area contributed by atoms with Gasteiger partial charge in [0.1, 0.15) is 10.6 Å². The summed E-state index contributed by atoms with van der Waals surface area (Å²) < 4.78 is 7.04. The van der Waals surface area contributed by atoms with Crippen LogP contribution in [0.2, 0.25) is 5.02 Å². The number of thioether (sulfide) groups is 1. The molecule has 4 aromatic rings. The lowest BCUT2D eigenvalue weighted by Gasteiger charge is -2.25. The summed E-state index contributed by atoms with van der Waals surface area (Å²) in [6.45, 7) is 2.81. The first-order valence-corrected chi connectivity index (χ1v) is 13.1. The van der Waals surface area contributed by atoms with Crippen LogP contribution in [-0.2, 0) is 29.1 Å². The van der Waals surface area contributed by atoms with Gasteiger partial charge in [-0.25, -0.2) is 4.98 Å². The van der Waals surface area contributed by atoms with Crippen molar-refractivity contribution >= 4 is 62.4 Å². The van der Waals surface area contributed by atoms with Crippen molar-refractivity contribution in [3.8, 4) is 0 Å². The largest absolute Gasteiger partial charge is 0.467 e. The highest BCUT2D eigenvalue weighted by Crippen LogP contribution is 2.34. The minimum Gasteiger partial charge on any atom is -0.467 e. The molecule has 1 aliphatic rings. The molecule has 1 aromatic carbocycles. The van der Waals surface area contributed by atoms with E-state index in [0.29, 0.717) is 51.4 Å². The van der Waals surface area contributed by atoms with Crippen LogP contribution in [0.15, 0.2) is 57.0 Å². The predicted molar refractivity (Wildman–Crippen MR) is 137 cm³/mol. The van der Waals surface area contributed by atoms with Gasteiger partial charge in [-0.05, 0) is 42.3 Å². The second-order valence-corrected chi connectivity index (χ2v) is 10.5. The maximum absolute atomic E-state index is 13.7. The Hall–Kier alpha value is -3.08. The van der Waals surface area contributed by atoms with Gasteiger partial charge in [0.25, 0.3) is 5.56 Å². The van der Waals surface area contributed by atoms with Crippen molar-refractivity contribution in [3.63, 3.8) is 0 Å². The Morgan fingerprint density at radius 3 is 2.89 bits per heavy atom. The molecular formula is C24H21ClN4O4S2. The molecule has 8 nitrogen and oxygen atoms in total. The van der Waals surface area contributed by atoms with Gasteiger partial charge in [-0.1, -0.05) is 29.4 Å². The lowest BCUT2D eigenvalue weighted by molar-refractivity contribution is -0.129. The van der Waals surface area contributed by atoms with E-state index < -0.39 is 0 Å². The number of furan rings is 1. The second-order valence-electron chi connectivity index (χ2n) is 8.09. The van der Waals surface area contributed by atoms with Crippen LogP contribution in [0.5, 0.6) is 0 Å². The number of carbonyl (C=O) groups excluding carboxylic acids is 2. The summed E-state index contributed by atoms with van der Waals surface area (Å²) in [5.41, 5.74) is 1.39. The number of aromatic nitrogens is 2. The van der Waals surface area contributed by atoms with E-state index in [0.717, 1.165) is 10.4 Å². The molecule has 3 aromatic heterocycles. The molecule has 0 saturated carbocycles. The highest BCUT2D eigenvalue weighted by molar-refractivity contribution is 7.99. The molecule has 180 valence electrons. The van der Waals surface area contributed by atoms with Crippen LogP contribution in [0.25, 0.3) is 10.2 Å². The van der Waals surface area contributed by atoms with Crippen molar-refractivity contribution in [1.29, 1.82) is 0 Å². The number of anilines is 1. The third-order valence-electron chi connectivity index (χ3n) is 5.71. The number of halogens is 1. The van der Waals surface area contributed by atoms with Gasteiger partial charge in [0.2, 0.25) is 11.8 Å². The first-order chi connectivity index (χ1) is 16.9. The normalized spacial score (nSPS) is 13.1. The van der Waals surface area contributed by atoms with E-state index in [1.165, 1.54) is 23.1 Å². The third kappa shape index (κ3) is 5.00. The van der Waals surface area contributed by atoms with Gasteiger partial charge < -0.3 is 14.6 Å². The van der Waals surface area contributed by atoms with E-state index in [1.807, 2.05) is 0 Å². The highest BCUT2D eigenvalue weighted by Gasteiger charge is 2.26. The molecule has 0 saturated heterocycles. The van der Waals surface area contributed by atoms with Gasteiger partial charge in [-0.15, -0.1) is 11.3 Å². The molecule has 1 aliphatic heterocycles. The molecule has 1 N–H and O–H groups in total. The Morgan fingerprint density at radius 2 is 2.14 bits per heavy atom. The van der Waals surface area contributed by atoms with Crippen molar-refractivity contribution < 1.29 is 14.0 Å². The minimum absolute atomic E-state index is 0.0123. The van der Waals surface area contributed by atoms with Crippen molar-refractivity contribution in [2.75, 3.05) is 17.6 Å². The summed E-state index contributed by atoms with van der Waals surface area (Å²) in [6.07, 6.45) is 2.17. The number of thiophene rings is 1. The molecule has 4 heterocycles. The Labute approximate surface area is 213 Å². The number of fused-ring (bicyclic) bond motifs is 3. The number of hydrogen-bond donors (Lipinski definition) is 1. The zero-order valence-corrected chi connectivity index (χ0v) is 21.1. The lowest BCUT2D eigenvalue weighted by Crippen LogP contribution is -2.34. The fraction of sp³-hybridized carbons (Fsp3) is 0.250. The summed E-state index contributed by atoms with van der Waals surface area (Å²) in [5.74, 6) is 0.452. The molecule has 0 unspecified atom stereocenters. The van der Waals surface area contributed by atoms with Gasteiger partial charge in [-0.3, -0.25) is 19.0 Å². The van der Waals surface area contributed by atoms with Crippen LogP contribution in [0, 0.1) is 0 Å². The molecule has 11 heteroatoms. The Kier molecular flexibility index (Phi) is 6.68. The van der Waals surface area contributed by atoms with Gasteiger partial charge in [0.15, 0.2) is 5.16 Å². The zero-order chi connectivity index (χ0) is 24.5. The molecule has 0 aliphatic carbocycles. The minimum atomic E-state index is -0.237. The van der Waals surface area contributed by atoms with Crippen LogP contribution in [0.1, 0.15) is 23.1 Å². The maximum atomic E-state index is 13.7. The van der Waals surface area contributed by atoms with Crippen LogP contribution in [-0.4, -0.2) is 38.6 Å². The molecule has 0 spiro atoms. The number of nitrogens with zero attached hydrogens (tertiary/aromatic N) is 3. The average Bonchev–Trinajstić information content (AvgIpc) is 3.46. The lowest BCUT2D eigenvalue weighted by atomic mass is 10.1. The quantitative estimate of drug-likeness (QED) is 0.294. The Bertz CT molecular complexity index is 1480. The number of carbonyl (C=O) groups is 2. The van der Waals surface area contributed by atoms with E-state index in [1.54, 1.807) is 59.1 Å². The summed E-state index contributed by atoms with van der Waals surface area (Å²) in [5, 5.41) is 4.36. The number of amides is 2. The van der Waals surface area contributed by atoms with E-state index in [9.17, 15) is 14.4 Å². The average molecular weight is 529 g/mol. The number of rotatable bonds is 6. The SMILES string of the molecule is CC(=O)N1CCc2c(sc3nc(SCC(=O)Nc4cccc(Cl)c4)n(Cc4ccco4)c(=O)c23)C1. The van der Waals surface area contributed by atoms with Crippen molar-refractivity contribution in [3.05, 3.63) is 74.2 Å². The van der Waals surface area contributed by atoms with E-state index in [4.69, 9.17) is 21.0 Å². The van der Waals surface area contributed by atoms with E-state index >= 15 is 0 Å². The molecular weight excluding hydrogens is 508 g/mol. The topological polar surface area (TPSA) is 97.4 Å². The molecule has 35 heavy (non-hydrogen) atoms. The van der Waals surface area contributed by atoms with Gasteiger partial charge >= 0.3 is 0 Å². The number of nitrogens with one attached hydrogen (secondary N) is 1. The van der Waals surface area contributed by atoms with Crippen molar-refractivity contribution in [1.82, 2.24) is 14.5 Å². The highest BCUT2D eigenvalue weighted by atomic mass is 35.5. The van der Waals surface area contributed by atoms with Crippen LogP contribution < -0.4 is 10.9 Å². The maximum Gasteiger partial charge on any atom is 0.263 e. The summed E-state index contributed by atoms with van der Waals surface area (Å²) in [4.78, 5) is 46.3. The van der Waals surface area contributed by atoms with Crippen molar-refractivity contribution in [2.24, 2.45) is 0 Å². The second kappa shape index (κ2) is 9.88. The fourth-order valence-electron chi connectivity index (χ4n) is 4.03. The molecule has 0 atom stereocenters. The standard InChI is InChI=1S/C24H21ClN4O4S2/c1-14(30)28-8-7-18-19(12-28)35-22-21(18)23(32)29(11-17-6-3-9-33-17)24(27-22)34-13-20(31)26-16-5-2-4-15(25)10-16/h2-6,9-10H,7-8,11-13H2,1H3,(H,26,31). The van der Waals surface area contributed by atoms with E-state index in [-0.39, 0.29) is 29.7 Å². The van der Waals surface area contributed by atoms with Crippen LogP contribution in [0.3, 0.4) is 0 Å². The van der Waals surface area contributed by atoms with Crippen molar-refractivity contribution in [2.45, 2.75) is 31.6 Å². The van der Waals surface area contributed by atoms with Gasteiger partial charge in [0, 0.05) is 29.1 Å². The third-order valence-corrected chi connectivity index (χ3v) is 8.03. The first-order valence-electron chi connectivity index (χ1n) is 10.9. The molecule has 0 fully saturated rings. The van der Waals surface area contributed by atoms with Crippen LogP contribution in [0.4, 0.5) is 5.69 Å². The van der Waals surface area contributed by atoms with Gasteiger partial charge in [-0.2, -0.15) is 0 Å². The monoisotopic (exact) mass is 528 g/mol. The summed E-state index contributed by atoms with van der Waals surface area (Å²) >= 11 is 8.62. The molecule has 5 rings (SSSR count). The Morgan fingerprint density at radius 1 is 1.29 bits per heavy atom. The molecule has 2 amide bonds. The number of benzene rings is 1.